The molecule has 37 heavy (non-hydrogen) atoms. The van der Waals surface area contributed by atoms with Gasteiger partial charge in [0, 0.05) is 13.1 Å². The minimum absolute atomic E-state index is 0.157. The summed E-state index contributed by atoms with van der Waals surface area (Å²) in [5.74, 6) is 2.39. The molecule has 0 saturated carbocycles. The van der Waals surface area contributed by atoms with Gasteiger partial charge in [0.1, 0.15) is 5.76 Å². The summed E-state index contributed by atoms with van der Waals surface area (Å²) < 4.78 is 16.9. The molecule has 1 atom stereocenters. The molecule has 1 amide bonds. The van der Waals surface area contributed by atoms with E-state index in [1.165, 1.54) is 11.1 Å². The van der Waals surface area contributed by atoms with Crippen LogP contribution in [0, 0.1) is 0 Å². The highest BCUT2D eigenvalue weighted by molar-refractivity contribution is 5.91. The van der Waals surface area contributed by atoms with Crippen molar-refractivity contribution in [1.29, 1.82) is 0 Å². The molecule has 1 aliphatic heterocycles. The normalized spacial score (nSPS) is 14.0. The van der Waals surface area contributed by atoms with Gasteiger partial charge in [-0.25, -0.2) is 0 Å². The van der Waals surface area contributed by atoms with Gasteiger partial charge < -0.3 is 19.2 Å². The van der Waals surface area contributed by atoms with Crippen molar-refractivity contribution in [3.05, 3.63) is 119 Å². The van der Waals surface area contributed by atoms with E-state index in [4.69, 9.17) is 13.9 Å². The zero-order valence-corrected chi connectivity index (χ0v) is 21.3. The van der Waals surface area contributed by atoms with E-state index in [1.54, 1.807) is 20.3 Å². The highest BCUT2D eigenvalue weighted by Gasteiger charge is 2.22. The Morgan fingerprint density at radius 1 is 0.919 bits per heavy atom. The molecule has 2 heterocycles. The molecule has 1 N–H and O–H groups in total. The van der Waals surface area contributed by atoms with Crippen LogP contribution in [0.2, 0.25) is 0 Å². The lowest BCUT2D eigenvalue weighted by Gasteiger charge is -2.28. The van der Waals surface area contributed by atoms with Crippen molar-refractivity contribution in [2.24, 2.45) is 0 Å². The van der Waals surface area contributed by atoms with Crippen LogP contribution in [0.15, 0.2) is 89.3 Å². The Balaban J connectivity index is 1.25. The van der Waals surface area contributed by atoms with Crippen molar-refractivity contribution in [3.8, 4) is 11.5 Å². The van der Waals surface area contributed by atoms with E-state index in [-0.39, 0.29) is 11.9 Å². The van der Waals surface area contributed by atoms with Gasteiger partial charge in [-0.1, -0.05) is 60.7 Å². The quantitative estimate of drug-likeness (QED) is 0.328. The van der Waals surface area contributed by atoms with Crippen LogP contribution in [0.25, 0.3) is 0 Å². The number of hydrogen-bond acceptors (Lipinski definition) is 5. The van der Waals surface area contributed by atoms with Gasteiger partial charge in [0.05, 0.1) is 26.8 Å². The lowest BCUT2D eigenvalue weighted by atomic mass is 9.98. The van der Waals surface area contributed by atoms with Gasteiger partial charge in [0.25, 0.3) is 5.91 Å². The first-order chi connectivity index (χ1) is 18.1. The third-order valence-corrected chi connectivity index (χ3v) is 6.85. The summed E-state index contributed by atoms with van der Waals surface area (Å²) in [7, 11) is 3.32. The van der Waals surface area contributed by atoms with Crippen LogP contribution in [-0.4, -0.2) is 31.6 Å². The van der Waals surface area contributed by atoms with Crippen LogP contribution in [0.4, 0.5) is 0 Å². The summed E-state index contributed by atoms with van der Waals surface area (Å²) >= 11 is 0. The Bertz CT molecular complexity index is 1330. The van der Waals surface area contributed by atoms with E-state index in [1.807, 2.05) is 54.6 Å². The Morgan fingerprint density at radius 2 is 1.59 bits per heavy atom. The van der Waals surface area contributed by atoms with Crippen LogP contribution >= 0.6 is 0 Å². The third-order valence-electron chi connectivity index (χ3n) is 6.85. The van der Waals surface area contributed by atoms with Crippen molar-refractivity contribution in [3.63, 3.8) is 0 Å². The number of benzene rings is 3. The maximum Gasteiger partial charge on any atom is 0.287 e. The minimum Gasteiger partial charge on any atom is -0.493 e. The monoisotopic (exact) mass is 496 g/mol. The third kappa shape index (κ3) is 5.87. The largest absolute Gasteiger partial charge is 0.493 e. The zero-order chi connectivity index (χ0) is 25.6. The summed E-state index contributed by atoms with van der Waals surface area (Å²) in [6.45, 7) is 2.32. The van der Waals surface area contributed by atoms with E-state index < -0.39 is 0 Å². The highest BCUT2D eigenvalue weighted by Crippen LogP contribution is 2.33. The molecule has 0 spiro atoms. The molecule has 190 valence electrons. The van der Waals surface area contributed by atoms with Gasteiger partial charge in [-0.15, -0.1) is 0 Å². The molecule has 4 aromatic rings. The molecular formula is C31H32N2O4. The Morgan fingerprint density at radius 3 is 2.30 bits per heavy atom. The van der Waals surface area contributed by atoms with Crippen LogP contribution in [0.3, 0.4) is 0 Å². The molecule has 0 radical (unpaired) electrons. The molecule has 0 fully saturated rings. The number of amides is 1. The van der Waals surface area contributed by atoms with Crippen LogP contribution in [-0.2, 0) is 25.9 Å². The van der Waals surface area contributed by atoms with E-state index in [2.05, 4.69) is 34.5 Å². The predicted octanol–water partition coefficient (Wildman–Crippen LogP) is 5.57. The van der Waals surface area contributed by atoms with E-state index in [0.717, 1.165) is 47.9 Å². The van der Waals surface area contributed by atoms with Crippen LogP contribution < -0.4 is 14.8 Å². The Labute approximate surface area is 217 Å². The standard InChI is InChI=1S/C31H32N2O4/c1-35-29-18-24-15-16-33(20-25(24)19-30(29)36-2)21-26-13-14-28(37-26)31(34)32-27(23-11-7-4-8-12-23)17-22-9-5-3-6-10-22/h3-14,18-19,27H,15-17,20-21H2,1-2H3,(H,32,34). The summed E-state index contributed by atoms with van der Waals surface area (Å²) in [6, 6.07) is 27.9. The second-order valence-electron chi connectivity index (χ2n) is 9.33. The lowest BCUT2D eigenvalue weighted by molar-refractivity contribution is 0.0904. The number of carbonyl (C=O) groups excluding carboxylic acids is 1. The first-order valence-electron chi connectivity index (χ1n) is 12.6. The number of ether oxygens (including phenoxy) is 2. The molecule has 1 aromatic heterocycles. The SMILES string of the molecule is COc1cc2c(cc1OC)CN(Cc1ccc(C(=O)NC(Cc3ccccc3)c3ccccc3)o1)CC2. The van der Waals surface area contributed by atoms with Crippen molar-refractivity contribution in [2.75, 3.05) is 20.8 Å². The number of nitrogens with zero attached hydrogens (tertiary/aromatic N) is 1. The van der Waals surface area contributed by atoms with Crippen molar-refractivity contribution < 1.29 is 18.7 Å². The first kappa shape index (κ1) is 24.7. The molecular weight excluding hydrogens is 464 g/mol. The number of hydrogen-bond donors (Lipinski definition) is 1. The first-order valence-corrected chi connectivity index (χ1v) is 12.6. The molecule has 1 aliphatic rings. The fraction of sp³-hybridized carbons (Fsp3) is 0.258. The zero-order valence-electron chi connectivity index (χ0n) is 21.3. The van der Waals surface area contributed by atoms with Gasteiger partial charge in [0.15, 0.2) is 17.3 Å². The number of fused-ring (bicyclic) bond motifs is 1. The van der Waals surface area contributed by atoms with Crippen LogP contribution in [0.1, 0.15) is 44.6 Å². The number of carbonyl (C=O) groups is 1. The fourth-order valence-electron chi connectivity index (χ4n) is 4.90. The van der Waals surface area contributed by atoms with Crippen molar-refractivity contribution >= 4 is 5.91 Å². The molecule has 6 nitrogen and oxygen atoms in total. The van der Waals surface area contributed by atoms with Gasteiger partial charge in [-0.3, -0.25) is 9.69 Å². The molecule has 0 saturated heterocycles. The smallest absolute Gasteiger partial charge is 0.287 e. The molecule has 0 bridgehead atoms. The molecule has 1 unspecified atom stereocenters. The van der Waals surface area contributed by atoms with Gasteiger partial charge >= 0.3 is 0 Å². The van der Waals surface area contributed by atoms with E-state index >= 15 is 0 Å². The van der Waals surface area contributed by atoms with Crippen molar-refractivity contribution in [1.82, 2.24) is 10.2 Å². The van der Waals surface area contributed by atoms with Crippen molar-refractivity contribution in [2.45, 2.75) is 32.0 Å². The Kier molecular flexibility index (Phi) is 7.57. The maximum absolute atomic E-state index is 13.2. The van der Waals surface area contributed by atoms with Gasteiger partial charge in [-0.05, 0) is 59.4 Å². The summed E-state index contributed by atoms with van der Waals surface area (Å²) in [5.41, 5.74) is 4.72. The topological polar surface area (TPSA) is 63.9 Å². The average molecular weight is 497 g/mol. The summed E-state index contributed by atoms with van der Waals surface area (Å²) in [4.78, 5) is 15.5. The van der Waals surface area contributed by atoms with Gasteiger partial charge in [0.2, 0.25) is 0 Å². The molecule has 3 aromatic carbocycles. The lowest BCUT2D eigenvalue weighted by Crippen LogP contribution is -2.30. The number of furan rings is 1. The van der Waals surface area contributed by atoms with E-state index in [9.17, 15) is 4.79 Å². The fourth-order valence-corrected chi connectivity index (χ4v) is 4.90. The summed E-state index contributed by atoms with van der Waals surface area (Å²) in [5, 5.41) is 3.18. The number of nitrogens with one attached hydrogen (secondary N) is 1. The number of methoxy groups -OCH3 is 2. The second-order valence-corrected chi connectivity index (χ2v) is 9.33. The van der Waals surface area contributed by atoms with E-state index in [0.29, 0.717) is 18.7 Å². The molecule has 5 rings (SSSR count). The van der Waals surface area contributed by atoms with Gasteiger partial charge in [-0.2, -0.15) is 0 Å². The molecule has 0 aliphatic carbocycles. The number of rotatable bonds is 9. The second kappa shape index (κ2) is 11.4. The minimum atomic E-state index is -0.211. The summed E-state index contributed by atoms with van der Waals surface area (Å²) in [6.07, 6.45) is 1.62. The van der Waals surface area contributed by atoms with Crippen LogP contribution in [0.5, 0.6) is 11.5 Å². The maximum atomic E-state index is 13.2. The highest BCUT2D eigenvalue weighted by atomic mass is 16.5. The predicted molar refractivity (Wildman–Crippen MR) is 143 cm³/mol. The molecule has 6 heteroatoms. The average Bonchev–Trinajstić information content (AvgIpc) is 3.41. The Hall–Kier alpha value is -4.03.